The molecule has 0 aliphatic carbocycles. The molecular formula is C13H19N3O3. The van der Waals surface area contributed by atoms with Crippen molar-refractivity contribution in [1.29, 1.82) is 0 Å². The van der Waals surface area contributed by atoms with E-state index in [1.54, 1.807) is 6.07 Å². The van der Waals surface area contributed by atoms with E-state index in [4.69, 9.17) is 10.5 Å². The molecule has 1 saturated heterocycles. The molecule has 2 unspecified atom stereocenters. The van der Waals surface area contributed by atoms with E-state index >= 15 is 0 Å². The molecule has 2 atom stereocenters. The molecule has 1 aromatic heterocycles. The molecule has 1 aromatic rings. The Morgan fingerprint density at radius 2 is 2.37 bits per heavy atom. The Balaban J connectivity index is 2.24. The molecule has 0 spiro atoms. The van der Waals surface area contributed by atoms with Gasteiger partial charge in [0.05, 0.1) is 30.7 Å². The van der Waals surface area contributed by atoms with Gasteiger partial charge in [0, 0.05) is 13.1 Å². The second-order valence-corrected chi connectivity index (χ2v) is 4.90. The maximum atomic E-state index is 11.6. The topological polar surface area (TPSA) is 88.7 Å². The number of carbonyl (C=O) groups excluding carboxylic acids is 1. The summed E-state index contributed by atoms with van der Waals surface area (Å²) in [5.41, 5.74) is 6.35. The van der Waals surface area contributed by atoms with Crippen molar-refractivity contribution in [3.63, 3.8) is 0 Å². The highest BCUT2D eigenvalue weighted by Crippen LogP contribution is 2.24. The van der Waals surface area contributed by atoms with Crippen molar-refractivity contribution in [1.82, 2.24) is 4.98 Å². The third kappa shape index (κ3) is 2.78. The van der Waals surface area contributed by atoms with E-state index < -0.39 is 5.97 Å². The van der Waals surface area contributed by atoms with Gasteiger partial charge < -0.3 is 20.5 Å². The zero-order valence-corrected chi connectivity index (χ0v) is 11.2. The molecule has 1 aliphatic rings. The molecule has 0 saturated carbocycles. The predicted molar refractivity (Wildman–Crippen MR) is 72.0 cm³/mol. The van der Waals surface area contributed by atoms with Crippen LogP contribution < -0.4 is 10.6 Å². The average Bonchev–Trinajstić information content (AvgIpc) is 2.41. The number of methoxy groups -OCH3 is 1. The number of rotatable bonds is 2. The summed E-state index contributed by atoms with van der Waals surface area (Å²) in [6.45, 7) is 3.41. The maximum absolute atomic E-state index is 11.6. The summed E-state index contributed by atoms with van der Waals surface area (Å²) < 4.78 is 4.69. The molecule has 6 heteroatoms. The van der Waals surface area contributed by atoms with E-state index in [1.807, 2.05) is 11.8 Å². The van der Waals surface area contributed by atoms with Gasteiger partial charge in [-0.1, -0.05) is 6.92 Å². The fourth-order valence-corrected chi connectivity index (χ4v) is 2.26. The normalized spacial score (nSPS) is 23.2. The number of aromatic nitrogens is 1. The third-order valence-corrected chi connectivity index (χ3v) is 3.51. The number of nitrogens with two attached hydrogens (primary N) is 1. The third-order valence-electron chi connectivity index (χ3n) is 3.51. The molecule has 1 fully saturated rings. The molecule has 0 radical (unpaired) electrons. The van der Waals surface area contributed by atoms with E-state index in [2.05, 4.69) is 4.98 Å². The van der Waals surface area contributed by atoms with Gasteiger partial charge in [-0.15, -0.1) is 0 Å². The van der Waals surface area contributed by atoms with Crippen LogP contribution in [-0.2, 0) is 4.74 Å². The molecule has 0 amide bonds. The van der Waals surface area contributed by atoms with Gasteiger partial charge in [0.15, 0.2) is 0 Å². The van der Waals surface area contributed by atoms with Gasteiger partial charge in [-0.2, -0.15) is 0 Å². The Labute approximate surface area is 112 Å². The number of aliphatic hydroxyl groups excluding tert-OH is 1. The van der Waals surface area contributed by atoms with Gasteiger partial charge in [-0.25, -0.2) is 9.78 Å². The number of ether oxygens (including phenoxy) is 1. The van der Waals surface area contributed by atoms with Gasteiger partial charge in [0.1, 0.15) is 5.82 Å². The number of hydrogen-bond donors (Lipinski definition) is 2. The summed E-state index contributed by atoms with van der Waals surface area (Å²) >= 11 is 0. The Morgan fingerprint density at radius 3 is 3.00 bits per heavy atom. The van der Waals surface area contributed by atoms with Crippen LogP contribution in [-0.4, -0.2) is 42.4 Å². The first-order chi connectivity index (χ1) is 9.02. The van der Waals surface area contributed by atoms with Crippen molar-refractivity contribution in [3.05, 3.63) is 17.8 Å². The van der Waals surface area contributed by atoms with Crippen LogP contribution >= 0.6 is 0 Å². The summed E-state index contributed by atoms with van der Waals surface area (Å²) in [7, 11) is 1.32. The number of nitrogens with zero attached hydrogens (tertiary/aromatic N) is 2. The van der Waals surface area contributed by atoms with Crippen LogP contribution in [0.4, 0.5) is 11.5 Å². The van der Waals surface area contributed by atoms with Crippen LogP contribution in [0.3, 0.4) is 0 Å². The fraction of sp³-hybridized carbons (Fsp3) is 0.538. The SMILES string of the molecule is COC(=O)c1cc(N2CCC(O)C(C)C2)ncc1N. The van der Waals surface area contributed by atoms with Crippen molar-refractivity contribution < 1.29 is 14.6 Å². The largest absolute Gasteiger partial charge is 0.465 e. The molecule has 6 nitrogen and oxygen atoms in total. The molecule has 0 aromatic carbocycles. The monoisotopic (exact) mass is 265 g/mol. The number of anilines is 2. The molecule has 19 heavy (non-hydrogen) atoms. The molecule has 2 heterocycles. The first kappa shape index (κ1) is 13.6. The minimum atomic E-state index is -0.466. The van der Waals surface area contributed by atoms with Crippen LogP contribution in [0.5, 0.6) is 0 Å². The second-order valence-electron chi connectivity index (χ2n) is 4.90. The van der Waals surface area contributed by atoms with Crippen LogP contribution in [0.1, 0.15) is 23.7 Å². The lowest BCUT2D eigenvalue weighted by Crippen LogP contribution is -2.42. The summed E-state index contributed by atoms with van der Waals surface area (Å²) in [5, 5.41) is 9.73. The van der Waals surface area contributed by atoms with Gasteiger partial charge >= 0.3 is 5.97 Å². The number of nitrogen functional groups attached to an aromatic ring is 1. The van der Waals surface area contributed by atoms with Gasteiger partial charge in [0.25, 0.3) is 0 Å². The Bertz CT molecular complexity index is 478. The summed E-state index contributed by atoms with van der Waals surface area (Å²) in [4.78, 5) is 17.9. The van der Waals surface area contributed by atoms with Crippen molar-refractivity contribution >= 4 is 17.5 Å². The highest BCUT2D eigenvalue weighted by atomic mass is 16.5. The smallest absolute Gasteiger partial charge is 0.340 e. The number of pyridine rings is 1. The van der Waals surface area contributed by atoms with E-state index in [-0.39, 0.29) is 12.0 Å². The highest BCUT2D eigenvalue weighted by molar-refractivity contribution is 5.95. The number of esters is 1. The van der Waals surface area contributed by atoms with Gasteiger partial charge in [0.2, 0.25) is 0 Å². The van der Waals surface area contributed by atoms with Crippen LogP contribution in [0.2, 0.25) is 0 Å². The van der Waals surface area contributed by atoms with Crippen LogP contribution in [0.15, 0.2) is 12.3 Å². The predicted octanol–water partition coefficient (Wildman–Crippen LogP) is 0.657. The minimum absolute atomic E-state index is 0.176. The van der Waals surface area contributed by atoms with E-state index in [9.17, 15) is 9.90 Å². The first-order valence-corrected chi connectivity index (χ1v) is 6.29. The zero-order chi connectivity index (χ0) is 14.0. The van der Waals surface area contributed by atoms with Crippen molar-refractivity contribution in [2.45, 2.75) is 19.4 Å². The van der Waals surface area contributed by atoms with Crippen LogP contribution in [0.25, 0.3) is 0 Å². The maximum Gasteiger partial charge on any atom is 0.340 e. The lowest BCUT2D eigenvalue weighted by molar-refractivity contribution is 0.0601. The summed E-state index contributed by atoms with van der Waals surface area (Å²) in [5.74, 6) is 0.397. The lowest BCUT2D eigenvalue weighted by atomic mass is 9.97. The zero-order valence-electron chi connectivity index (χ0n) is 11.2. The fourth-order valence-electron chi connectivity index (χ4n) is 2.26. The standard InChI is InChI=1S/C13H19N3O3/c1-8-7-16(4-3-11(8)17)12-5-9(13(18)19-2)10(14)6-15-12/h5-6,8,11,17H,3-4,7,14H2,1-2H3. The lowest BCUT2D eigenvalue weighted by Gasteiger charge is -2.35. The van der Waals surface area contributed by atoms with E-state index in [1.165, 1.54) is 13.3 Å². The number of hydrogen-bond acceptors (Lipinski definition) is 6. The average molecular weight is 265 g/mol. The minimum Gasteiger partial charge on any atom is -0.465 e. The highest BCUT2D eigenvalue weighted by Gasteiger charge is 2.25. The van der Waals surface area contributed by atoms with E-state index in [0.717, 1.165) is 0 Å². The number of piperidine rings is 1. The summed E-state index contributed by atoms with van der Waals surface area (Å²) in [6.07, 6.45) is 1.89. The van der Waals surface area contributed by atoms with Crippen LogP contribution in [0, 0.1) is 5.92 Å². The van der Waals surface area contributed by atoms with Gasteiger partial charge in [-0.3, -0.25) is 0 Å². The Hall–Kier alpha value is -1.82. The molecule has 1 aliphatic heterocycles. The molecule has 2 rings (SSSR count). The second kappa shape index (κ2) is 5.44. The summed E-state index contributed by atoms with van der Waals surface area (Å²) in [6, 6.07) is 1.64. The number of carbonyl (C=O) groups is 1. The first-order valence-electron chi connectivity index (χ1n) is 6.29. The molecule has 3 N–H and O–H groups in total. The number of aliphatic hydroxyl groups is 1. The molecule has 104 valence electrons. The van der Waals surface area contributed by atoms with E-state index in [0.29, 0.717) is 36.6 Å². The van der Waals surface area contributed by atoms with Crippen molar-refractivity contribution in [3.8, 4) is 0 Å². The quantitative estimate of drug-likeness (QED) is 0.764. The molecular weight excluding hydrogens is 246 g/mol. The molecule has 0 bridgehead atoms. The van der Waals surface area contributed by atoms with Gasteiger partial charge in [-0.05, 0) is 18.4 Å². The Kier molecular flexibility index (Phi) is 3.90. The van der Waals surface area contributed by atoms with Crippen molar-refractivity contribution in [2.24, 2.45) is 5.92 Å². The van der Waals surface area contributed by atoms with Crippen molar-refractivity contribution in [2.75, 3.05) is 30.8 Å². The Morgan fingerprint density at radius 1 is 1.63 bits per heavy atom.